The number of para-hydroxylation sites is 3. The smallest absolute Gasteiger partial charge is 0.0991 e. The molecule has 192 valence electrons. The van der Waals surface area contributed by atoms with Crippen LogP contribution in [0.5, 0.6) is 0 Å². The Bertz CT molecular complexity index is 2330. The maximum Gasteiger partial charge on any atom is 0.0991 e. The van der Waals surface area contributed by atoms with Crippen LogP contribution in [0.4, 0.5) is 0 Å². The van der Waals surface area contributed by atoms with Crippen LogP contribution in [-0.2, 0) is 0 Å². The van der Waals surface area contributed by atoms with Gasteiger partial charge >= 0.3 is 0 Å². The summed E-state index contributed by atoms with van der Waals surface area (Å²) in [7, 11) is 0. The third kappa shape index (κ3) is 3.51. The molecule has 0 saturated carbocycles. The van der Waals surface area contributed by atoms with E-state index < -0.39 is 0 Å². The minimum Gasteiger partial charge on any atom is -0.309 e. The number of rotatable bonds is 3. The number of aryl methyl sites for hydroxylation is 1. The van der Waals surface area contributed by atoms with Crippen LogP contribution in [0, 0.1) is 18.3 Å². The maximum absolute atomic E-state index is 9.39. The lowest BCUT2D eigenvalue weighted by atomic mass is 10.0. The van der Waals surface area contributed by atoms with Gasteiger partial charge in [-0.2, -0.15) is 5.26 Å². The van der Waals surface area contributed by atoms with Crippen LogP contribution < -0.4 is 0 Å². The molecule has 0 unspecified atom stereocenters. The summed E-state index contributed by atoms with van der Waals surface area (Å²) in [6, 6.07) is 49.6. The van der Waals surface area contributed by atoms with Gasteiger partial charge in [0.1, 0.15) is 0 Å². The van der Waals surface area contributed by atoms with Gasteiger partial charge in [-0.05, 0) is 90.3 Å². The number of benzene rings is 6. The van der Waals surface area contributed by atoms with E-state index in [1.54, 1.807) is 0 Å². The number of nitriles is 1. The molecule has 0 amide bonds. The van der Waals surface area contributed by atoms with Crippen molar-refractivity contribution in [3.05, 3.63) is 145 Å². The Morgan fingerprint density at radius 1 is 0.488 bits per heavy atom. The standard InChI is InChI=1S/C38H25N3/c1-25-21-26(24-39)15-18-34(25)41-36-14-8-6-12-31(36)33-23-28(17-20-38(33)41)27-16-19-37-32(22-27)30-11-5-7-13-35(30)40(37)29-9-3-2-4-10-29/h2-23H,1H3. The molecule has 0 atom stereocenters. The predicted molar refractivity (Wildman–Crippen MR) is 170 cm³/mol. The van der Waals surface area contributed by atoms with Gasteiger partial charge in [-0.15, -0.1) is 0 Å². The van der Waals surface area contributed by atoms with Crippen molar-refractivity contribution in [2.24, 2.45) is 0 Å². The van der Waals surface area contributed by atoms with Gasteiger partial charge in [-0.3, -0.25) is 0 Å². The second-order valence-electron chi connectivity index (χ2n) is 10.6. The average molecular weight is 524 g/mol. The fraction of sp³-hybridized carbons (Fsp3) is 0.0263. The lowest BCUT2D eigenvalue weighted by Gasteiger charge is -2.12. The van der Waals surface area contributed by atoms with Crippen molar-refractivity contribution in [3.63, 3.8) is 0 Å². The van der Waals surface area contributed by atoms with Gasteiger partial charge in [-0.25, -0.2) is 0 Å². The largest absolute Gasteiger partial charge is 0.309 e. The first-order chi connectivity index (χ1) is 20.2. The molecule has 3 heteroatoms. The Labute approximate surface area is 237 Å². The van der Waals surface area contributed by atoms with Gasteiger partial charge in [0.25, 0.3) is 0 Å². The summed E-state index contributed by atoms with van der Waals surface area (Å²) >= 11 is 0. The minimum atomic E-state index is 0.679. The number of hydrogen-bond acceptors (Lipinski definition) is 1. The first-order valence-electron chi connectivity index (χ1n) is 13.8. The molecule has 0 fully saturated rings. The zero-order valence-corrected chi connectivity index (χ0v) is 22.5. The van der Waals surface area contributed by atoms with E-state index in [1.165, 1.54) is 49.4 Å². The summed E-state index contributed by atoms with van der Waals surface area (Å²) in [4.78, 5) is 0. The molecule has 0 spiro atoms. The van der Waals surface area contributed by atoms with Crippen LogP contribution in [0.25, 0.3) is 66.1 Å². The fourth-order valence-corrected chi connectivity index (χ4v) is 6.40. The van der Waals surface area contributed by atoms with Gasteiger partial charge in [0, 0.05) is 32.9 Å². The van der Waals surface area contributed by atoms with E-state index in [0.717, 1.165) is 22.3 Å². The van der Waals surface area contributed by atoms with Crippen molar-refractivity contribution in [1.29, 1.82) is 5.26 Å². The van der Waals surface area contributed by atoms with Crippen molar-refractivity contribution >= 4 is 43.6 Å². The molecule has 8 aromatic rings. The zero-order chi connectivity index (χ0) is 27.5. The van der Waals surface area contributed by atoms with Crippen LogP contribution in [0.3, 0.4) is 0 Å². The first kappa shape index (κ1) is 23.3. The highest BCUT2D eigenvalue weighted by Gasteiger charge is 2.16. The molecule has 0 aliphatic heterocycles. The van der Waals surface area contributed by atoms with Crippen LogP contribution >= 0.6 is 0 Å². The maximum atomic E-state index is 9.39. The fourth-order valence-electron chi connectivity index (χ4n) is 6.40. The van der Waals surface area contributed by atoms with E-state index in [9.17, 15) is 5.26 Å². The molecule has 0 aliphatic carbocycles. The van der Waals surface area contributed by atoms with Crippen molar-refractivity contribution in [2.45, 2.75) is 6.92 Å². The Morgan fingerprint density at radius 2 is 1.02 bits per heavy atom. The Kier molecular flexibility index (Phi) is 5.10. The van der Waals surface area contributed by atoms with Gasteiger partial charge in [0.05, 0.1) is 33.7 Å². The Hall–Kier alpha value is -5.59. The summed E-state index contributed by atoms with van der Waals surface area (Å²) in [6.45, 7) is 2.08. The quantitative estimate of drug-likeness (QED) is 0.227. The van der Waals surface area contributed by atoms with Crippen LogP contribution in [-0.4, -0.2) is 9.13 Å². The molecule has 8 rings (SSSR count). The van der Waals surface area contributed by atoms with Crippen molar-refractivity contribution in [1.82, 2.24) is 9.13 Å². The molecule has 2 heterocycles. The highest BCUT2D eigenvalue weighted by Crippen LogP contribution is 2.38. The molecule has 3 nitrogen and oxygen atoms in total. The summed E-state index contributed by atoms with van der Waals surface area (Å²) in [5.41, 5.74) is 11.1. The van der Waals surface area contributed by atoms with Gasteiger partial charge < -0.3 is 9.13 Å². The molecule has 6 aromatic carbocycles. The van der Waals surface area contributed by atoms with E-state index in [0.29, 0.717) is 5.56 Å². The summed E-state index contributed by atoms with van der Waals surface area (Å²) < 4.78 is 4.67. The van der Waals surface area contributed by atoms with Gasteiger partial charge in [0.15, 0.2) is 0 Å². The number of fused-ring (bicyclic) bond motifs is 6. The molecule has 2 aromatic heterocycles. The van der Waals surface area contributed by atoms with E-state index >= 15 is 0 Å². The molecule has 41 heavy (non-hydrogen) atoms. The predicted octanol–water partition coefficient (Wildman–Crippen LogP) is 9.73. The molecular weight excluding hydrogens is 498 g/mol. The number of aromatic nitrogens is 2. The Balaban J connectivity index is 1.35. The van der Waals surface area contributed by atoms with Crippen molar-refractivity contribution in [2.75, 3.05) is 0 Å². The second-order valence-corrected chi connectivity index (χ2v) is 10.6. The van der Waals surface area contributed by atoms with E-state index in [1.807, 2.05) is 12.1 Å². The molecule has 0 bridgehead atoms. The van der Waals surface area contributed by atoms with Crippen LogP contribution in [0.15, 0.2) is 133 Å². The zero-order valence-electron chi connectivity index (χ0n) is 22.5. The summed E-state index contributed by atoms with van der Waals surface area (Å²) in [5, 5.41) is 14.3. The topological polar surface area (TPSA) is 33.6 Å². The summed E-state index contributed by atoms with van der Waals surface area (Å²) in [6.07, 6.45) is 0. The third-order valence-electron chi connectivity index (χ3n) is 8.26. The second kappa shape index (κ2) is 8.98. The van der Waals surface area contributed by atoms with Crippen molar-refractivity contribution < 1.29 is 0 Å². The normalized spacial score (nSPS) is 11.5. The third-order valence-corrected chi connectivity index (χ3v) is 8.26. The minimum absolute atomic E-state index is 0.679. The van der Waals surface area contributed by atoms with Gasteiger partial charge in [-0.1, -0.05) is 66.7 Å². The van der Waals surface area contributed by atoms with E-state index in [-0.39, 0.29) is 0 Å². The molecule has 0 saturated heterocycles. The number of nitrogens with zero attached hydrogens (tertiary/aromatic N) is 3. The lowest BCUT2D eigenvalue weighted by Crippen LogP contribution is -1.97. The molecule has 0 N–H and O–H groups in total. The lowest BCUT2D eigenvalue weighted by molar-refractivity contribution is 1.15. The van der Waals surface area contributed by atoms with E-state index in [2.05, 4.69) is 143 Å². The summed E-state index contributed by atoms with van der Waals surface area (Å²) in [5.74, 6) is 0. The monoisotopic (exact) mass is 523 g/mol. The SMILES string of the molecule is Cc1cc(C#N)ccc1-n1c2ccccc2c2cc(-c3ccc4c(c3)c3ccccc3n4-c3ccccc3)ccc21. The molecular formula is C38H25N3. The van der Waals surface area contributed by atoms with Crippen LogP contribution in [0.1, 0.15) is 11.1 Å². The van der Waals surface area contributed by atoms with Crippen molar-refractivity contribution in [3.8, 4) is 28.6 Å². The highest BCUT2D eigenvalue weighted by atomic mass is 15.0. The first-order valence-corrected chi connectivity index (χ1v) is 13.8. The molecule has 0 radical (unpaired) electrons. The van der Waals surface area contributed by atoms with Gasteiger partial charge in [0.2, 0.25) is 0 Å². The molecule has 0 aliphatic rings. The average Bonchev–Trinajstić information content (AvgIpc) is 3.53. The van der Waals surface area contributed by atoms with Crippen LogP contribution in [0.2, 0.25) is 0 Å². The highest BCUT2D eigenvalue weighted by molar-refractivity contribution is 6.12. The Morgan fingerprint density at radius 3 is 1.63 bits per heavy atom. The van der Waals surface area contributed by atoms with E-state index in [4.69, 9.17) is 0 Å². The number of hydrogen-bond donors (Lipinski definition) is 0.